The number of aryl methyl sites for hydroxylation is 1. The lowest BCUT2D eigenvalue weighted by molar-refractivity contribution is 0.0283. The van der Waals surface area contributed by atoms with Gasteiger partial charge in [-0.15, -0.1) is 0 Å². The summed E-state index contributed by atoms with van der Waals surface area (Å²) in [7, 11) is 0. The quantitative estimate of drug-likeness (QED) is 0.527. The first-order chi connectivity index (χ1) is 15.4. The van der Waals surface area contributed by atoms with E-state index < -0.39 is 0 Å². The molecule has 0 spiro atoms. The van der Waals surface area contributed by atoms with Crippen LogP contribution in [0.25, 0.3) is 0 Å². The summed E-state index contributed by atoms with van der Waals surface area (Å²) in [4.78, 5) is 13.6. The Balaban J connectivity index is 1.54. The summed E-state index contributed by atoms with van der Waals surface area (Å²) in [6.07, 6.45) is 11.8. The lowest BCUT2D eigenvalue weighted by Crippen LogP contribution is -2.49. The zero-order valence-corrected chi connectivity index (χ0v) is 20.1. The fourth-order valence-corrected chi connectivity index (χ4v) is 5.40. The normalized spacial score (nSPS) is 20.2. The fraction of sp³-hybridized carbons (Fsp3) is 0.630. The smallest absolute Gasteiger partial charge is 0.306 e. The first-order valence-electron chi connectivity index (χ1n) is 12.5. The van der Waals surface area contributed by atoms with Crippen LogP contribution in [-0.2, 0) is 12.8 Å². The largest absolute Gasteiger partial charge is 0.340 e. The Bertz CT molecular complexity index is 911. The molecule has 4 rings (SSSR count). The van der Waals surface area contributed by atoms with Gasteiger partial charge in [0, 0.05) is 17.8 Å². The number of carbonyl (C=O) groups excluding carboxylic acids is 1. The molecule has 32 heavy (non-hydrogen) atoms. The maximum atomic E-state index is 13.6. The van der Waals surface area contributed by atoms with Crippen molar-refractivity contribution in [3.05, 3.63) is 41.1 Å². The molecule has 3 atom stereocenters. The van der Waals surface area contributed by atoms with Crippen LogP contribution < -0.4 is 5.32 Å². The van der Waals surface area contributed by atoms with Gasteiger partial charge in [0.1, 0.15) is 0 Å². The highest BCUT2D eigenvalue weighted by molar-refractivity contribution is 5.92. The summed E-state index contributed by atoms with van der Waals surface area (Å²) in [5.74, 6) is 1.65. The molecule has 172 valence electrons. The molecule has 0 radical (unpaired) electrons. The van der Waals surface area contributed by atoms with Crippen molar-refractivity contribution in [3.8, 4) is 6.07 Å². The third-order valence-corrected chi connectivity index (χ3v) is 7.64. The number of urea groups is 1. The van der Waals surface area contributed by atoms with E-state index in [0.717, 1.165) is 37.3 Å². The van der Waals surface area contributed by atoms with Crippen LogP contribution in [0.3, 0.4) is 0 Å². The first-order valence-corrected chi connectivity index (χ1v) is 12.5. The third kappa shape index (κ3) is 4.65. The zero-order valence-electron chi connectivity index (χ0n) is 20.1. The number of benzene rings is 1. The third-order valence-electron chi connectivity index (χ3n) is 7.64. The van der Waals surface area contributed by atoms with Gasteiger partial charge in [0.25, 0.3) is 0 Å². The molecule has 1 fully saturated rings. The minimum atomic E-state index is -0.0430. The number of fused-ring (bicyclic) bond motifs is 1. The molecule has 2 unspecified atom stereocenters. The summed E-state index contributed by atoms with van der Waals surface area (Å²) in [6, 6.07) is 7.05. The van der Waals surface area contributed by atoms with E-state index in [0.29, 0.717) is 18.4 Å². The van der Waals surface area contributed by atoms with Crippen LogP contribution in [0.15, 0.2) is 24.4 Å². The predicted molar refractivity (Wildman–Crippen MR) is 129 cm³/mol. The van der Waals surface area contributed by atoms with Gasteiger partial charge in [-0.05, 0) is 92.4 Å². The van der Waals surface area contributed by atoms with Gasteiger partial charge in [0.05, 0.1) is 18.7 Å². The zero-order chi connectivity index (χ0) is 22.8. The van der Waals surface area contributed by atoms with Gasteiger partial charge < -0.3 is 5.32 Å². The minimum Gasteiger partial charge on any atom is -0.306 e. The number of anilines is 1. The van der Waals surface area contributed by atoms with Crippen molar-refractivity contribution in [2.75, 3.05) is 11.9 Å². The van der Waals surface area contributed by atoms with Crippen molar-refractivity contribution in [2.24, 2.45) is 17.8 Å². The molecule has 1 heterocycles. The summed E-state index contributed by atoms with van der Waals surface area (Å²) in [5.41, 5.74) is 5.14. The van der Waals surface area contributed by atoms with E-state index in [4.69, 9.17) is 0 Å². The van der Waals surface area contributed by atoms with Crippen LogP contribution in [0.4, 0.5) is 10.5 Å². The van der Waals surface area contributed by atoms with Gasteiger partial charge in [0.15, 0.2) is 0 Å². The molecule has 2 aliphatic carbocycles. The molecular formula is C27H38N4O. The minimum absolute atomic E-state index is 0.0310. The van der Waals surface area contributed by atoms with E-state index >= 15 is 0 Å². The molecule has 0 aromatic heterocycles. The van der Waals surface area contributed by atoms with Crippen LogP contribution in [-0.4, -0.2) is 28.6 Å². The Labute approximate surface area is 193 Å². The van der Waals surface area contributed by atoms with Crippen LogP contribution in [0.1, 0.15) is 82.4 Å². The molecule has 1 aromatic carbocycles. The molecule has 0 saturated heterocycles. The Morgan fingerprint density at radius 2 is 1.97 bits per heavy atom. The van der Waals surface area contributed by atoms with Crippen molar-refractivity contribution < 1.29 is 4.79 Å². The molecule has 5 nitrogen and oxygen atoms in total. The van der Waals surface area contributed by atoms with E-state index in [9.17, 15) is 10.1 Å². The number of nitrogens with one attached hydrogen (secondary N) is 1. The number of rotatable bonds is 8. The number of nitriles is 1. The van der Waals surface area contributed by atoms with Crippen LogP contribution in [0, 0.1) is 29.1 Å². The summed E-state index contributed by atoms with van der Waals surface area (Å²) >= 11 is 0. The number of hydrogen-bond donors (Lipinski definition) is 1. The van der Waals surface area contributed by atoms with Gasteiger partial charge in [-0.3, -0.25) is 5.01 Å². The molecule has 0 bridgehead atoms. The average Bonchev–Trinajstić information content (AvgIpc) is 3.31. The second kappa shape index (κ2) is 9.57. The van der Waals surface area contributed by atoms with E-state index in [1.54, 1.807) is 0 Å². The molecule has 1 N–H and O–H groups in total. The van der Waals surface area contributed by atoms with Crippen molar-refractivity contribution in [3.63, 3.8) is 0 Å². The lowest BCUT2D eigenvalue weighted by atomic mass is 9.91. The number of carbonyl (C=O) groups is 1. The average molecular weight is 435 g/mol. The molecule has 2 amide bonds. The van der Waals surface area contributed by atoms with Crippen molar-refractivity contribution in [1.29, 1.82) is 5.26 Å². The molecule has 1 saturated carbocycles. The fourth-order valence-electron chi connectivity index (χ4n) is 5.40. The Morgan fingerprint density at radius 1 is 1.19 bits per heavy atom. The van der Waals surface area contributed by atoms with Gasteiger partial charge >= 0.3 is 6.03 Å². The van der Waals surface area contributed by atoms with Crippen molar-refractivity contribution >= 4 is 11.7 Å². The maximum absolute atomic E-state index is 13.6. The van der Waals surface area contributed by atoms with E-state index in [2.05, 4.69) is 55.4 Å². The van der Waals surface area contributed by atoms with E-state index in [1.807, 2.05) is 18.1 Å². The second-order valence-electron chi connectivity index (χ2n) is 10.3. The maximum Gasteiger partial charge on any atom is 0.340 e. The Hall–Kier alpha value is -2.48. The van der Waals surface area contributed by atoms with Gasteiger partial charge in [-0.1, -0.05) is 32.9 Å². The summed E-state index contributed by atoms with van der Waals surface area (Å²) in [5, 5.41) is 16.5. The number of hydrogen-bond acceptors (Lipinski definition) is 3. The Kier molecular flexibility index (Phi) is 6.79. The first kappa shape index (κ1) is 22.7. The molecule has 1 aliphatic heterocycles. The highest BCUT2D eigenvalue weighted by Gasteiger charge is 2.34. The molecule has 5 heteroatoms. The number of hydrazine groups is 1. The SMILES string of the molecule is CC(C#N)CCC(C(C)C)N1C=CCN1C(=O)Nc1c([C@@H](C)C2CC2)ccc2c1CCC2. The van der Waals surface area contributed by atoms with Gasteiger partial charge in [-0.2, -0.15) is 5.26 Å². The molecular weight excluding hydrogens is 396 g/mol. The topological polar surface area (TPSA) is 59.4 Å². The van der Waals surface area contributed by atoms with Crippen LogP contribution in [0.5, 0.6) is 0 Å². The van der Waals surface area contributed by atoms with Crippen LogP contribution in [0.2, 0.25) is 0 Å². The molecule has 1 aromatic rings. The summed E-state index contributed by atoms with van der Waals surface area (Å²) < 4.78 is 0. The number of amides is 2. The van der Waals surface area contributed by atoms with E-state index in [-0.39, 0.29) is 18.0 Å². The predicted octanol–water partition coefficient (Wildman–Crippen LogP) is 6.23. The monoisotopic (exact) mass is 434 g/mol. The van der Waals surface area contributed by atoms with Crippen LogP contribution >= 0.6 is 0 Å². The number of nitrogens with zero attached hydrogens (tertiary/aromatic N) is 3. The lowest BCUT2D eigenvalue weighted by Gasteiger charge is -2.38. The van der Waals surface area contributed by atoms with Gasteiger partial charge in [-0.25, -0.2) is 9.80 Å². The Morgan fingerprint density at radius 3 is 2.66 bits per heavy atom. The highest BCUT2D eigenvalue weighted by Crippen LogP contribution is 2.46. The standard InChI is InChI=1S/C27H38N4O/c1-18(2)25(14-9-19(3)17-28)30-15-6-16-31(30)27(32)29-26-23(20(4)21-10-11-21)13-12-22-7-5-8-24(22)26/h6,12-13,15,18-21,25H,5,7-11,14,16H2,1-4H3,(H,29,32)/t19?,20-,25?/m0/s1. The van der Waals surface area contributed by atoms with Crippen molar-refractivity contribution in [1.82, 2.24) is 10.0 Å². The second-order valence-corrected chi connectivity index (χ2v) is 10.3. The van der Waals surface area contributed by atoms with Crippen molar-refractivity contribution in [2.45, 2.75) is 84.6 Å². The van der Waals surface area contributed by atoms with Gasteiger partial charge in [0.2, 0.25) is 0 Å². The summed E-state index contributed by atoms with van der Waals surface area (Å²) in [6.45, 7) is 9.28. The highest BCUT2D eigenvalue weighted by atomic mass is 16.2. The molecule has 3 aliphatic rings. The van der Waals surface area contributed by atoms with E-state index in [1.165, 1.54) is 36.0 Å².